The minimum absolute atomic E-state index is 0.113. The average Bonchev–Trinajstić information content (AvgIpc) is 1.52. The summed E-state index contributed by atoms with van der Waals surface area (Å²) in [5, 5.41) is 7.42. The smallest absolute Gasteiger partial charge is 0.300 e. The number of hydrogen-bond acceptors (Lipinski definition) is 2. The Hall–Kier alpha value is -1.03. The zero-order valence-corrected chi connectivity index (χ0v) is 8.21. The van der Waals surface area contributed by atoms with E-state index in [-0.39, 0.29) is 5.96 Å². The number of hydrogen-bond donors (Lipinski definition) is 3. The van der Waals surface area contributed by atoms with Crippen LogP contribution in [0.2, 0.25) is 0 Å². The molecule has 0 spiro atoms. The molecule has 72 valence electrons. The van der Waals surface area contributed by atoms with Gasteiger partial charge in [-0.25, -0.2) is 0 Å². The summed E-state index contributed by atoms with van der Waals surface area (Å²) >= 11 is 0. The lowest BCUT2D eigenvalue weighted by molar-refractivity contribution is -0.134. The molecule has 0 rings (SSSR count). The van der Waals surface area contributed by atoms with Crippen molar-refractivity contribution >= 4 is 19.2 Å². The highest BCUT2D eigenvalue weighted by atomic mass is 31.2. The van der Waals surface area contributed by atoms with E-state index in [1.807, 2.05) is 0 Å². The zero-order chi connectivity index (χ0) is 10.4. The second kappa shape index (κ2) is 5.60. The number of carbonyl (C=O) groups is 1. The monoisotopic (exact) mass is 195 g/mol. The molecular weight excluding hydrogens is 181 g/mol. The summed E-state index contributed by atoms with van der Waals surface area (Å²) in [6.45, 7) is 4.07. The fourth-order valence-corrected chi connectivity index (χ4v) is 0.834. The van der Waals surface area contributed by atoms with E-state index in [4.69, 9.17) is 21.4 Å². The van der Waals surface area contributed by atoms with Crippen LogP contribution in [0.3, 0.4) is 0 Å². The molecule has 0 fully saturated rings. The first-order valence-corrected chi connectivity index (χ1v) is 5.56. The van der Waals surface area contributed by atoms with Crippen molar-refractivity contribution in [2.75, 3.05) is 13.3 Å². The SMILES string of the molecule is CC(=O)O.CP(C)(=O)N=C(N)N. The number of guanidine groups is 1. The predicted molar refractivity (Wildman–Crippen MR) is 48.6 cm³/mol. The van der Waals surface area contributed by atoms with Crippen molar-refractivity contribution in [2.24, 2.45) is 16.2 Å². The molecule has 0 amide bonds. The van der Waals surface area contributed by atoms with Crippen LogP contribution < -0.4 is 11.5 Å². The zero-order valence-electron chi connectivity index (χ0n) is 7.31. The molecule has 0 radical (unpaired) electrons. The van der Waals surface area contributed by atoms with Gasteiger partial charge in [-0.2, -0.15) is 4.76 Å². The van der Waals surface area contributed by atoms with Crippen LogP contribution in [-0.2, 0) is 9.36 Å². The molecule has 0 saturated heterocycles. The molecule has 0 unspecified atom stereocenters. The van der Waals surface area contributed by atoms with Crippen molar-refractivity contribution in [2.45, 2.75) is 6.92 Å². The van der Waals surface area contributed by atoms with E-state index in [1.54, 1.807) is 0 Å². The maximum absolute atomic E-state index is 10.7. The Bertz CT molecular complexity index is 212. The van der Waals surface area contributed by atoms with E-state index in [1.165, 1.54) is 13.3 Å². The molecule has 0 saturated carbocycles. The van der Waals surface area contributed by atoms with Gasteiger partial charge >= 0.3 is 0 Å². The molecule has 0 aromatic rings. The van der Waals surface area contributed by atoms with Gasteiger partial charge in [0.25, 0.3) is 5.97 Å². The molecule has 0 atom stereocenters. The van der Waals surface area contributed by atoms with E-state index in [0.717, 1.165) is 6.92 Å². The van der Waals surface area contributed by atoms with Crippen molar-refractivity contribution < 1.29 is 14.5 Å². The molecule has 0 aliphatic heterocycles. The first-order chi connectivity index (χ1) is 5.15. The van der Waals surface area contributed by atoms with Gasteiger partial charge in [0.1, 0.15) is 0 Å². The maximum Gasteiger partial charge on any atom is 0.300 e. The Morgan fingerprint density at radius 1 is 1.42 bits per heavy atom. The lowest BCUT2D eigenvalue weighted by Crippen LogP contribution is -2.22. The van der Waals surface area contributed by atoms with E-state index in [0.29, 0.717) is 0 Å². The first kappa shape index (κ1) is 13.6. The normalized spacial score (nSPS) is 9.25. The quantitative estimate of drug-likeness (QED) is 0.306. The van der Waals surface area contributed by atoms with E-state index >= 15 is 0 Å². The van der Waals surface area contributed by atoms with Crippen LogP contribution in [0.5, 0.6) is 0 Å². The summed E-state index contributed by atoms with van der Waals surface area (Å²) in [7, 11) is -2.38. The Morgan fingerprint density at radius 2 is 1.67 bits per heavy atom. The van der Waals surface area contributed by atoms with Gasteiger partial charge in [-0.15, -0.1) is 0 Å². The molecule has 0 aliphatic rings. The highest BCUT2D eigenvalue weighted by molar-refractivity contribution is 7.61. The fourth-order valence-electron chi connectivity index (χ4n) is 0.278. The molecule has 0 heterocycles. The van der Waals surface area contributed by atoms with Crippen molar-refractivity contribution in [1.82, 2.24) is 0 Å². The highest BCUT2D eigenvalue weighted by Gasteiger charge is 2.01. The summed E-state index contributed by atoms with van der Waals surface area (Å²) in [6.07, 6.45) is 0. The molecule has 6 nitrogen and oxygen atoms in total. The Balaban J connectivity index is 0. The summed E-state index contributed by atoms with van der Waals surface area (Å²) in [6, 6.07) is 0. The Morgan fingerprint density at radius 3 is 1.67 bits per heavy atom. The number of carboxylic acid groups (broad SMARTS) is 1. The molecule has 5 N–H and O–H groups in total. The summed E-state index contributed by atoms with van der Waals surface area (Å²) in [4.78, 5) is 9.00. The minimum Gasteiger partial charge on any atom is -0.481 e. The summed E-state index contributed by atoms with van der Waals surface area (Å²) in [5.74, 6) is -0.946. The lowest BCUT2D eigenvalue weighted by Gasteiger charge is -1.96. The molecule has 0 aliphatic carbocycles. The van der Waals surface area contributed by atoms with Gasteiger partial charge in [0.05, 0.1) is 0 Å². The van der Waals surface area contributed by atoms with Crippen molar-refractivity contribution in [3.63, 3.8) is 0 Å². The van der Waals surface area contributed by atoms with Crippen molar-refractivity contribution in [3.05, 3.63) is 0 Å². The van der Waals surface area contributed by atoms with Gasteiger partial charge in [0.2, 0.25) is 0 Å². The number of carboxylic acids is 1. The minimum atomic E-state index is -2.38. The molecule has 0 bridgehead atoms. The van der Waals surface area contributed by atoms with Gasteiger partial charge in [-0.05, 0) is 0 Å². The number of nitrogens with two attached hydrogens (primary N) is 2. The van der Waals surface area contributed by atoms with E-state index in [2.05, 4.69) is 4.76 Å². The second-order valence-electron chi connectivity index (χ2n) is 2.34. The topological polar surface area (TPSA) is 119 Å². The van der Waals surface area contributed by atoms with Gasteiger partial charge < -0.3 is 16.6 Å². The third-order valence-corrected chi connectivity index (χ3v) is 1.07. The Kier molecular flexibility index (Phi) is 6.32. The third-order valence-electron chi connectivity index (χ3n) is 0.356. The Labute approximate surface area is 71.1 Å². The van der Waals surface area contributed by atoms with Crippen molar-refractivity contribution in [1.29, 1.82) is 0 Å². The third kappa shape index (κ3) is 36.2. The van der Waals surface area contributed by atoms with Gasteiger partial charge in [0, 0.05) is 20.3 Å². The van der Waals surface area contributed by atoms with Gasteiger partial charge in [0.15, 0.2) is 13.3 Å². The molecule has 0 aromatic heterocycles. The van der Waals surface area contributed by atoms with E-state index in [9.17, 15) is 4.57 Å². The maximum atomic E-state index is 10.7. The number of rotatable bonds is 1. The fraction of sp³-hybridized carbons (Fsp3) is 0.600. The molecule has 7 heteroatoms. The second-order valence-corrected chi connectivity index (χ2v) is 5.13. The summed E-state index contributed by atoms with van der Waals surface area (Å²) in [5.41, 5.74) is 9.87. The van der Waals surface area contributed by atoms with Gasteiger partial charge in [-0.3, -0.25) is 9.36 Å². The summed E-state index contributed by atoms with van der Waals surface area (Å²) < 4.78 is 14.1. The highest BCUT2D eigenvalue weighted by Crippen LogP contribution is 2.36. The predicted octanol–water partition coefficient (Wildman–Crippen LogP) is -0.112. The molecule has 12 heavy (non-hydrogen) atoms. The number of aliphatic carboxylic acids is 1. The molecular formula is C5H14N3O3P. The van der Waals surface area contributed by atoms with Gasteiger partial charge in [-0.1, -0.05) is 0 Å². The first-order valence-electron chi connectivity index (χ1n) is 3.01. The molecule has 0 aromatic carbocycles. The number of nitrogens with zero attached hydrogens (tertiary/aromatic N) is 1. The van der Waals surface area contributed by atoms with Crippen LogP contribution in [0, 0.1) is 0 Å². The van der Waals surface area contributed by atoms with Crippen LogP contribution in [-0.4, -0.2) is 30.4 Å². The average molecular weight is 195 g/mol. The lowest BCUT2D eigenvalue weighted by atomic mass is 10.9. The van der Waals surface area contributed by atoms with Crippen LogP contribution in [0.4, 0.5) is 0 Å². The standard InChI is InChI=1S/C3H10N3OP.C2H4O2/c1-8(2,7)6-3(4)5;1-2(3)4/h1-2H3,(H4,4,5,6,7);1H3,(H,3,4). The van der Waals surface area contributed by atoms with Crippen molar-refractivity contribution in [3.8, 4) is 0 Å². The van der Waals surface area contributed by atoms with Crippen LogP contribution >= 0.6 is 7.29 Å². The van der Waals surface area contributed by atoms with Crippen LogP contribution in [0.25, 0.3) is 0 Å². The largest absolute Gasteiger partial charge is 0.481 e. The van der Waals surface area contributed by atoms with E-state index < -0.39 is 13.3 Å². The van der Waals surface area contributed by atoms with Crippen LogP contribution in [0.1, 0.15) is 6.92 Å². The van der Waals surface area contributed by atoms with Crippen LogP contribution in [0.15, 0.2) is 4.76 Å².